The van der Waals surface area contributed by atoms with Gasteiger partial charge in [0.25, 0.3) is 0 Å². The number of benzene rings is 7. The molecule has 0 aliphatic heterocycles. The van der Waals surface area contributed by atoms with Gasteiger partial charge in [0, 0.05) is 48.5 Å². The van der Waals surface area contributed by atoms with Gasteiger partial charge in [-0.3, -0.25) is 0 Å². The minimum Gasteiger partial charge on any atom is -0.456 e. The second-order valence-corrected chi connectivity index (χ2v) is 13.8. The van der Waals surface area contributed by atoms with Crippen LogP contribution < -0.4 is 0 Å². The SMILES string of the molecule is c1ccc(-c2ccc(-c3nc(Cc4cccc5oc6ccc(-c7cccc8c7sc7ccccc78)cc6c45)nc(-c4ccccc4)n3)cc2)cc1. The predicted octanol–water partition coefficient (Wildman–Crippen LogP) is 12.4. The molecule has 0 radical (unpaired) electrons. The van der Waals surface area contributed by atoms with Crippen molar-refractivity contribution in [1.29, 1.82) is 0 Å². The first kappa shape index (κ1) is 29.5. The van der Waals surface area contributed by atoms with E-state index in [9.17, 15) is 0 Å². The van der Waals surface area contributed by atoms with Gasteiger partial charge in [0.1, 0.15) is 17.0 Å². The Balaban J connectivity index is 1.09. The molecule has 240 valence electrons. The van der Waals surface area contributed by atoms with Crippen LogP contribution in [-0.2, 0) is 6.42 Å². The summed E-state index contributed by atoms with van der Waals surface area (Å²) in [5, 5.41) is 4.77. The Bertz CT molecular complexity index is 2880. The number of thiophene rings is 1. The molecular weight excluding hydrogens is 643 g/mol. The fourth-order valence-electron chi connectivity index (χ4n) is 7.15. The van der Waals surface area contributed by atoms with Gasteiger partial charge in [-0.1, -0.05) is 140 Å². The molecule has 0 atom stereocenters. The van der Waals surface area contributed by atoms with E-state index < -0.39 is 0 Å². The molecule has 0 N–H and O–H groups in total. The standard InChI is InChI=1S/C46H29N3OS/c1-3-11-29(12-4-1)30-21-23-32(24-22-30)46-48-42(47-45(49-46)31-13-5-2-6-14-31)28-34-15-9-19-40-43(34)38-27-33(25-26-39(38)50-40)35-17-10-18-37-36-16-7-8-20-41(36)51-44(35)37/h1-27H,28H2. The summed E-state index contributed by atoms with van der Waals surface area (Å²) < 4.78 is 9.04. The minimum absolute atomic E-state index is 0.527. The summed E-state index contributed by atoms with van der Waals surface area (Å²) in [6.07, 6.45) is 0.527. The third kappa shape index (κ3) is 5.27. The highest BCUT2D eigenvalue weighted by atomic mass is 32.1. The van der Waals surface area contributed by atoms with Crippen LogP contribution in [0.15, 0.2) is 168 Å². The van der Waals surface area contributed by atoms with Crippen LogP contribution in [0.1, 0.15) is 11.4 Å². The van der Waals surface area contributed by atoms with Crippen LogP contribution in [0.3, 0.4) is 0 Å². The zero-order valence-corrected chi connectivity index (χ0v) is 28.3. The molecule has 10 aromatic rings. The average Bonchev–Trinajstić information content (AvgIpc) is 3.77. The largest absolute Gasteiger partial charge is 0.456 e. The summed E-state index contributed by atoms with van der Waals surface area (Å²) in [6, 6.07) is 57.1. The summed E-state index contributed by atoms with van der Waals surface area (Å²) in [7, 11) is 0. The fourth-order valence-corrected chi connectivity index (χ4v) is 8.38. The average molecular weight is 672 g/mol. The molecule has 0 aliphatic rings. The zero-order valence-electron chi connectivity index (χ0n) is 27.5. The summed E-state index contributed by atoms with van der Waals surface area (Å²) in [5.41, 5.74) is 9.46. The van der Waals surface area contributed by atoms with E-state index in [2.05, 4.69) is 121 Å². The van der Waals surface area contributed by atoms with Crippen LogP contribution in [0.2, 0.25) is 0 Å². The van der Waals surface area contributed by atoms with Gasteiger partial charge in [0.05, 0.1) is 0 Å². The quantitative estimate of drug-likeness (QED) is 0.177. The van der Waals surface area contributed by atoms with Crippen molar-refractivity contribution in [2.45, 2.75) is 6.42 Å². The highest BCUT2D eigenvalue weighted by molar-refractivity contribution is 7.26. The van der Waals surface area contributed by atoms with E-state index in [0.29, 0.717) is 23.9 Å². The van der Waals surface area contributed by atoms with Crippen LogP contribution in [0, 0.1) is 0 Å². The van der Waals surface area contributed by atoms with Crippen LogP contribution in [0.25, 0.3) is 87.1 Å². The highest BCUT2D eigenvalue weighted by Gasteiger charge is 2.17. The minimum atomic E-state index is 0.527. The van der Waals surface area contributed by atoms with Crippen LogP contribution in [0.4, 0.5) is 0 Å². The third-order valence-electron chi connectivity index (χ3n) is 9.61. The van der Waals surface area contributed by atoms with Crippen molar-refractivity contribution in [3.8, 4) is 45.0 Å². The molecule has 5 heteroatoms. The molecule has 0 fully saturated rings. The Kier molecular flexibility index (Phi) is 7.03. The lowest BCUT2D eigenvalue weighted by atomic mass is 9.98. The van der Waals surface area contributed by atoms with Crippen molar-refractivity contribution in [3.05, 3.63) is 175 Å². The van der Waals surface area contributed by atoms with Crippen LogP contribution >= 0.6 is 11.3 Å². The maximum atomic E-state index is 6.44. The van der Waals surface area contributed by atoms with E-state index in [4.69, 9.17) is 19.4 Å². The molecular formula is C46H29N3OS. The van der Waals surface area contributed by atoms with Gasteiger partial charge >= 0.3 is 0 Å². The summed E-state index contributed by atoms with van der Waals surface area (Å²) in [6.45, 7) is 0. The van der Waals surface area contributed by atoms with Crippen LogP contribution in [-0.4, -0.2) is 15.0 Å². The van der Waals surface area contributed by atoms with E-state index in [-0.39, 0.29) is 0 Å². The van der Waals surface area contributed by atoms with Gasteiger partial charge in [-0.05, 0) is 52.1 Å². The topological polar surface area (TPSA) is 51.8 Å². The van der Waals surface area contributed by atoms with Gasteiger partial charge < -0.3 is 4.42 Å². The maximum absolute atomic E-state index is 6.44. The monoisotopic (exact) mass is 671 g/mol. The van der Waals surface area contributed by atoms with Gasteiger partial charge in [-0.2, -0.15) is 0 Å². The second-order valence-electron chi connectivity index (χ2n) is 12.8. The first-order valence-electron chi connectivity index (χ1n) is 17.1. The number of aromatic nitrogens is 3. The molecule has 4 nitrogen and oxygen atoms in total. The number of furan rings is 1. The smallest absolute Gasteiger partial charge is 0.163 e. The number of nitrogens with zero attached hydrogens (tertiary/aromatic N) is 3. The zero-order chi connectivity index (χ0) is 33.7. The van der Waals surface area contributed by atoms with Crippen LogP contribution in [0.5, 0.6) is 0 Å². The van der Waals surface area contributed by atoms with E-state index >= 15 is 0 Å². The van der Waals surface area contributed by atoms with E-state index in [0.717, 1.165) is 44.2 Å². The second kappa shape index (κ2) is 12.2. The number of hydrogen-bond donors (Lipinski definition) is 0. The number of fused-ring (bicyclic) bond motifs is 6. The molecule has 0 bridgehead atoms. The Morgan fingerprint density at radius 3 is 1.88 bits per heavy atom. The summed E-state index contributed by atoms with van der Waals surface area (Å²) in [5.74, 6) is 2.02. The molecule has 3 aromatic heterocycles. The summed E-state index contributed by atoms with van der Waals surface area (Å²) in [4.78, 5) is 15.1. The molecule has 0 spiro atoms. The Hall–Kier alpha value is -6.43. The van der Waals surface area contributed by atoms with Crippen molar-refractivity contribution in [2.75, 3.05) is 0 Å². The first-order valence-corrected chi connectivity index (χ1v) is 17.9. The van der Waals surface area contributed by atoms with E-state index in [1.165, 1.54) is 36.9 Å². The normalized spacial score (nSPS) is 11.6. The Morgan fingerprint density at radius 2 is 1.08 bits per heavy atom. The van der Waals surface area contributed by atoms with Gasteiger partial charge in [0.2, 0.25) is 0 Å². The Labute approximate surface area is 298 Å². The van der Waals surface area contributed by atoms with Gasteiger partial charge in [-0.25, -0.2) is 15.0 Å². The van der Waals surface area contributed by atoms with Crippen molar-refractivity contribution < 1.29 is 4.42 Å². The molecule has 0 aliphatic carbocycles. The lowest BCUT2D eigenvalue weighted by molar-refractivity contribution is 0.668. The van der Waals surface area contributed by atoms with Gasteiger partial charge in [-0.15, -0.1) is 11.3 Å². The number of rotatable bonds is 6. The fraction of sp³-hybridized carbons (Fsp3) is 0.0217. The van der Waals surface area contributed by atoms with Crippen molar-refractivity contribution in [1.82, 2.24) is 15.0 Å². The molecule has 3 heterocycles. The molecule has 7 aromatic carbocycles. The van der Waals surface area contributed by atoms with Crippen molar-refractivity contribution in [2.24, 2.45) is 0 Å². The number of hydrogen-bond acceptors (Lipinski definition) is 5. The molecule has 0 unspecified atom stereocenters. The molecule has 0 saturated carbocycles. The lowest BCUT2D eigenvalue weighted by Gasteiger charge is -2.10. The highest BCUT2D eigenvalue weighted by Crippen LogP contribution is 2.42. The molecule has 0 amide bonds. The van der Waals surface area contributed by atoms with E-state index in [1.54, 1.807) is 0 Å². The molecule has 51 heavy (non-hydrogen) atoms. The van der Waals surface area contributed by atoms with Crippen molar-refractivity contribution >= 4 is 53.4 Å². The molecule has 0 saturated heterocycles. The Morgan fingerprint density at radius 1 is 0.451 bits per heavy atom. The summed E-state index contributed by atoms with van der Waals surface area (Å²) >= 11 is 1.85. The molecule has 10 rings (SSSR count). The van der Waals surface area contributed by atoms with Gasteiger partial charge in [0.15, 0.2) is 11.6 Å². The maximum Gasteiger partial charge on any atom is 0.163 e. The predicted molar refractivity (Wildman–Crippen MR) is 211 cm³/mol. The first-order chi connectivity index (χ1) is 25.2. The lowest BCUT2D eigenvalue weighted by Crippen LogP contribution is -2.04. The van der Waals surface area contributed by atoms with Crippen molar-refractivity contribution in [3.63, 3.8) is 0 Å². The van der Waals surface area contributed by atoms with E-state index in [1.807, 2.05) is 53.8 Å². The third-order valence-corrected chi connectivity index (χ3v) is 10.8.